The summed E-state index contributed by atoms with van der Waals surface area (Å²) >= 11 is 1.42. The highest BCUT2D eigenvalue weighted by molar-refractivity contribution is 7.12. The molecule has 5 nitrogen and oxygen atoms in total. The van der Waals surface area contributed by atoms with Gasteiger partial charge >= 0.3 is 0 Å². The van der Waals surface area contributed by atoms with Crippen molar-refractivity contribution in [3.63, 3.8) is 0 Å². The van der Waals surface area contributed by atoms with E-state index < -0.39 is 0 Å². The second kappa shape index (κ2) is 8.99. The van der Waals surface area contributed by atoms with Gasteiger partial charge in [-0.25, -0.2) is 0 Å². The summed E-state index contributed by atoms with van der Waals surface area (Å²) in [7, 11) is 0. The largest absolute Gasteiger partial charge is 0.347 e. The Hall–Kier alpha value is -1.89. The summed E-state index contributed by atoms with van der Waals surface area (Å²) in [5, 5.41) is 8.06. The van der Waals surface area contributed by atoms with E-state index in [1.165, 1.54) is 11.3 Å². The number of amides is 2. The van der Waals surface area contributed by atoms with Gasteiger partial charge in [0.1, 0.15) is 0 Å². The van der Waals surface area contributed by atoms with Gasteiger partial charge in [0.2, 0.25) is 0 Å². The van der Waals surface area contributed by atoms with Gasteiger partial charge in [-0.05, 0) is 36.1 Å². The maximum atomic E-state index is 12.6. The first kappa shape index (κ1) is 19.4. The zero-order chi connectivity index (χ0) is 16.9. The van der Waals surface area contributed by atoms with E-state index in [1.807, 2.05) is 40.6 Å². The Bertz CT molecular complexity index is 704. The SMILES string of the molecule is C[C@H]1CNCCN1C(=O)c1ccc(CNC(=O)c2cccs2)cc1.Cl. The average molecular weight is 380 g/mol. The third-order valence-electron chi connectivity index (χ3n) is 4.16. The number of rotatable bonds is 4. The lowest BCUT2D eigenvalue weighted by molar-refractivity contribution is 0.0655. The highest BCUT2D eigenvalue weighted by Crippen LogP contribution is 2.12. The summed E-state index contributed by atoms with van der Waals surface area (Å²) in [6, 6.07) is 11.3. The molecule has 2 N–H and O–H groups in total. The van der Waals surface area contributed by atoms with Crippen LogP contribution in [0, 0.1) is 0 Å². The minimum Gasteiger partial charge on any atom is -0.347 e. The van der Waals surface area contributed by atoms with Crippen molar-refractivity contribution in [2.24, 2.45) is 0 Å². The van der Waals surface area contributed by atoms with Crippen LogP contribution in [0.25, 0.3) is 0 Å². The molecule has 3 rings (SSSR count). The molecule has 1 atom stereocenters. The summed E-state index contributed by atoms with van der Waals surface area (Å²) in [6.45, 7) is 4.91. The molecule has 2 heterocycles. The molecule has 2 aromatic rings. The summed E-state index contributed by atoms with van der Waals surface area (Å²) < 4.78 is 0. The monoisotopic (exact) mass is 379 g/mol. The van der Waals surface area contributed by atoms with Crippen LogP contribution in [0.15, 0.2) is 41.8 Å². The Morgan fingerprint density at radius 3 is 2.68 bits per heavy atom. The van der Waals surface area contributed by atoms with Crippen LogP contribution < -0.4 is 10.6 Å². The maximum absolute atomic E-state index is 12.6. The molecule has 2 amide bonds. The number of carbonyl (C=O) groups is 2. The molecule has 1 aromatic carbocycles. The van der Waals surface area contributed by atoms with Gasteiger partial charge in [0.15, 0.2) is 0 Å². The van der Waals surface area contributed by atoms with E-state index in [4.69, 9.17) is 0 Å². The number of thiophene rings is 1. The first-order valence-corrected chi connectivity index (χ1v) is 8.95. The van der Waals surface area contributed by atoms with Gasteiger partial charge in [0.25, 0.3) is 11.8 Å². The fourth-order valence-electron chi connectivity index (χ4n) is 2.75. The van der Waals surface area contributed by atoms with E-state index in [0.717, 1.165) is 25.2 Å². The number of hydrogen-bond acceptors (Lipinski definition) is 4. The fraction of sp³-hybridized carbons (Fsp3) is 0.333. The number of nitrogens with zero attached hydrogens (tertiary/aromatic N) is 1. The molecule has 0 radical (unpaired) electrons. The van der Waals surface area contributed by atoms with Crippen LogP contribution in [0.5, 0.6) is 0 Å². The van der Waals surface area contributed by atoms with Gasteiger partial charge < -0.3 is 15.5 Å². The smallest absolute Gasteiger partial charge is 0.261 e. The van der Waals surface area contributed by atoms with E-state index in [1.54, 1.807) is 6.07 Å². The number of piperazine rings is 1. The van der Waals surface area contributed by atoms with Crippen molar-refractivity contribution in [3.8, 4) is 0 Å². The minimum atomic E-state index is -0.0696. The van der Waals surface area contributed by atoms with Crippen molar-refractivity contribution >= 4 is 35.6 Å². The Labute approximate surface area is 157 Å². The van der Waals surface area contributed by atoms with Crippen LogP contribution in [0.3, 0.4) is 0 Å². The van der Waals surface area contributed by atoms with Crippen molar-refractivity contribution in [1.29, 1.82) is 0 Å². The molecule has 1 aliphatic rings. The van der Waals surface area contributed by atoms with E-state index in [9.17, 15) is 9.59 Å². The van der Waals surface area contributed by atoms with Gasteiger partial charge in [-0.3, -0.25) is 9.59 Å². The molecular formula is C18H22ClN3O2S. The number of nitrogens with one attached hydrogen (secondary N) is 2. The number of benzene rings is 1. The van der Waals surface area contributed by atoms with E-state index in [2.05, 4.69) is 17.6 Å². The Morgan fingerprint density at radius 1 is 1.28 bits per heavy atom. The van der Waals surface area contributed by atoms with Crippen molar-refractivity contribution < 1.29 is 9.59 Å². The zero-order valence-corrected chi connectivity index (χ0v) is 15.7. The van der Waals surface area contributed by atoms with Crippen LogP contribution in [-0.2, 0) is 6.54 Å². The molecule has 0 unspecified atom stereocenters. The summed E-state index contributed by atoms with van der Waals surface area (Å²) in [5.74, 6) is -0.00188. The highest BCUT2D eigenvalue weighted by Gasteiger charge is 2.23. The molecule has 25 heavy (non-hydrogen) atoms. The molecule has 1 saturated heterocycles. The van der Waals surface area contributed by atoms with Crippen molar-refractivity contribution in [2.75, 3.05) is 19.6 Å². The second-order valence-corrected chi connectivity index (χ2v) is 6.86. The van der Waals surface area contributed by atoms with Crippen molar-refractivity contribution in [2.45, 2.75) is 19.5 Å². The Kier molecular flexibility index (Phi) is 6.99. The molecule has 1 aliphatic heterocycles. The Balaban J connectivity index is 0.00000225. The Morgan fingerprint density at radius 2 is 2.04 bits per heavy atom. The van der Waals surface area contributed by atoms with Crippen LogP contribution >= 0.6 is 23.7 Å². The molecule has 0 bridgehead atoms. The molecule has 1 fully saturated rings. The lowest BCUT2D eigenvalue weighted by Crippen LogP contribution is -2.52. The predicted molar refractivity (Wildman–Crippen MR) is 103 cm³/mol. The third-order valence-corrected chi connectivity index (χ3v) is 5.03. The van der Waals surface area contributed by atoms with Gasteiger partial charge in [0.05, 0.1) is 4.88 Å². The van der Waals surface area contributed by atoms with Gasteiger partial charge in [-0.15, -0.1) is 23.7 Å². The van der Waals surface area contributed by atoms with E-state index in [-0.39, 0.29) is 30.3 Å². The fourth-order valence-corrected chi connectivity index (χ4v) is 3.39. The van der Waals surface area contributed by atoms with E-state index in [0.29, 0.717) is 17.0 Å². The van der Waals surface area contributed by atoms with Crippen LogP contribution in [0.1, 0.15) is 32.5 Å². The number of halogens is 1. The van der Waals surface area contributed by atoms with Crippen molar-refractivity contribution in [1.82, 2.24) is 15.5 Å². The molecule has 0 spiro atoms. The molecule has 1 aromatic heterocycles. The van der Waals surface area contributed by atoms with Crippen molar-refractivity contribution in [3.05, 3.63) is 57.8 Å². The molecule has 0 aliphatic carbocycles. The summed E-state index contributed by atoms with van der Waals surface area (Å²) in [4.78, 5) is 27.1. The van der Waals surface area contributed by atoms with Gasteiger partial charge in [-0.2, -0.15) is 0 Å². The quantitative estimate of drug-likeness (QED) is 0.858. The molecule has 134 valence electrons. The second-order valence-electron chi connectivity index (χ2n) is 5.91. The highest BCUT2D eigenvalue weighted by atomic mass is 35.5. The average Bonchev–Trinajstić information content (AvgIpc) is 3.15. The van der Waals surface area contributed by atoms with Gasteiger partial charge in [0, 0.05) is 37.8 Å². The summed E-state index contributed by atoms with van der Waals surface area (Å²) in [5.41, 5.74) is 1.67. The maximum Gasteiger partial charge on any atom is 0.261 e. The molecule has 0 saturated carbocycles. The predicted octanol–water partition coefficient (Wildman–Crippen LogP) is 2.53. The first-order chi connectivity index (χ1) is 11.6. The summed E-state index contributed by atoms with van der Waals surface area (Å²) in [6.07, 6.45) is 0. The zero-order valence-electron chi connectivity index (χ0n) is 14.0. The first-order valence-electron chi connectivity index (χ1n) is 8.07. The standard InChI is InChI=1S/C18H21N3O2S.ClH/c1-13-11-19-8-9-21(13)18(23)15-6-4-14(5-7-15)12-20-17(22)16-3-2-10-24-16;/h2-7,10,13,19H,8-9,11-12H2,1H3,(H,20,22);1H/t13-;/m0./s1. The third kappa shape index (κ3) is 4.81. The topological polar surface area (TPSA) is 61.4 Å². The number of hydrogen-bond donors (Lipinski definition) is 2. The molecule has 7 heteroatoms. The van der Waals surface area contributed by atoms with Crippen LogP contribution in [0.2, 0.25) is 0 Å². The minimum absolute atomic E-state index is 0. The van der Waals surface area contributed by atoms with Crippen LogP contribution in [0.4, 0.5) is 0 Å². The normalized spacial score (nSPS) is 16.8. The van der Waals surface area contributed by atoms with Gasteiger partial charge in [-0.1, -0.05) is 18.2 Å². The molecular weight excluding hydrogens is 358 g/mol. The van der Waals surface area contributed by atoms with E-state index >= 15 is 0 Å². The number of carbonyl (C=O) groups excluding carboxylic acids is 2. The van der Waals surface area contributed by atoms with Crippen LogP contribution in [-0.4, -0.2) is 42.4 Å². The lowest BCUT2D eigenvalue weighted by atomic mass is 10.1. The lowest BCUT2D eigenvalue weighted by Gasteiger charge is -2.34.